The topological polar surface area (TPSA) is 78.2 Å². The van der Waals surface area contributed by atoms with Gasteiger partial charge in [0.2, 0.25) is 0 Å². The maximum absolute atomic E-state index is 14.8. The van der Waals surface area contributed by atoms with Crippen molar-refractivity contribution in [3.05, 3.63) is 106 Å². The molecule has 0 radical (unpaired) electrons. The fourth-order valence-corrected chi connectivity index (χ4v) is 5.11. The smallest absolute Gasteiger partial charge is 0.339 e. The van der Waals surface area contributed by atoms with Gasteiger partial charge in [-0.1, -0.05) is 18.2 Å². The van der Waals surface area contributed by atoms with E-state index < -0.39 is 5.63 Å². The predicted molar refractivity (Wildman–Crippen MR) is 140 cm³/mol. The maximum atomic E-state index is 14.8. The average molecular weight is 570 g/mol. The summed E-state index contributed by atoms with van der Waals surface area (Å²) in [7, 11) is 0. The summed E-state index contributed by atoms with van der Waals surface area (Å²) >= 11 is 2.06. The van der Waals surface area contributed by atoms with E-state index in [0.717, 1.165) is 33.2 Å². The first-order valence-electron chi connectivity index (χ1n) is 11.2. The lowest BCUT2D eigenvalue weighted by Crippen LogP contribution is -2.26. The van der Waals surface area contributed by atoms with Crippen LogP contribution in [0.4, 0.5) is 10.1 Å². The molecule has 1 aliphatic rings. The van der Waals surface area contributed by atoms with Crippen molar-refractivity contribution < 1.29 is 8.81 Å². The number of hydrogen-bond donors (Lipinski definition) is 1. The van der Waals surface area contributed by atoms with Gasteiger partial charge in [0.1, 0.15) is 11.4 Å². The largest absolute Gasteiger partial charge is 0.422 e. The number of nitrogen functional groups attached to an aromatic ring is 1. The number of halogens is 2. The molecule has 2 aromatic carbocycles. The predicted octanol–water partition coefficient (Wildman–Crippen LogP) is 5.41. The van der Waals surface area contributed by atoms with Crippen LogP contribution in [-0.2, 0) is 12.8 Å². The van der Waals surface area contributed by atoms with Crippen molar-refractivity contribution in [2.24, 2.45) is 0 Å². The number of rotatable bonds is 5. The van der Waals surface area contributed by atoms with E-state index >= 15 is 0 Å². The molecular weight excluding hydrogens is 546 g/mol. The van der Waals surface area contributed by atoms with Gasteiger partial charge >= 0.3 is 5.63 Å². The van der Waals surface area contributed by atoms with E-state index in [0.29, 0.717) is 39.8 Å². The third-order valence-electron chi connectivity index (χ3n) is 6.61. The van der Waals surface area contributed by atoms with Crippen LogP contribution >= 0.6 is 22.6 Å². The third-order valence-corrected chi connectivity index (χ3v) is 7.28. The van der Waals surface area contributed by atoms with Crippen LogP contribution in [0.1, 0.15) is 52.4 Å². The van der Waals surface area contributed by atoms with Crippen molar-refractivity contribution in [1.29, 1.82) is 0 Å². The molecule has 2 heterocycles. The molecule has 1 saturated carbocycles. The third kappa shape index (κ3) is 4.06. The van der Waals surface area contributed by atoms with Crippen LogP contribution in [0.15, 0.2) is 56.5 Å². The molecule has 1 fully saturated rings. The molecule has 7 heteroatoms. The van der Waals surface area contributed by atoms with Crippen LogP contribution in [0, 0.1) is 23.2 Å². The minimum Gasteiger partial charge on any atom is -0.422 e. The average Bonchev–Trinajstić information content (AvgIpc) is 3.61. The summed E-state index contributed by atoms with van der Waals surface area (Å²) < 4.78 is 23.1. The second-order valence-electron chi connectivity index (χ2n) is 9.00. The first-order chi connectivity index (χ1) is 16.2. The number of pyridine rings is 1. The number of anilines is 1. The van der Waals surface area contributed by atoms with Gasteiger partial charge in [0.15, 0.2) is 0 Å². The van der Waals surface area contributed by atoms with Crippen molar-refractivity contribution in [1.82, 2.24) is 4.57 Å². The van der Waals surface area contributed by atoms with Crippen LogP contribution in [0.3, 0.4) is 0 Å². The Balaban J connectivity index is 1.81. The van der Waals surface area contributed by atoms with Crippen molar-refractivity contribution >= 4 is 39.2 Å². The van der Waals surface area contributed by atoms with Crippen LogP contribution in [0.5, 0.6) is 0 Å². The normalized spacial score (nSPS) is 13.5. The summed E-state index contributed by atoms with van der Waals surface area (Å²) in [5.41, 5.74) is 10.1. The molecule has 2 aromatic heterocycles. The molecular formula is C27H24FIN2O3. The van der Waals surface area contributed by atoms with Gasteiger partial charge in [-0.05, 0) is 90.2 Å². The summed E-state index contributed by atoms with van der Waals surface area (Å²) in [6, 6.07) is 12.6. The highest BCUT2D eigenvalue weighted by molar-refractivity contribution is 14.1. The summed E-state index contributed by atoms with van der Waals surface area (Å²) in [5, 5.41) is 0.367. The number of fused-ring (bicyclic) bond motifs is 1. The quantitative estimate of drug-likeness (QED) is 0.257. The Labute approximate surface area is 209 Å². The molecule has 5 nitrogen and oxygen atoms in total. The maximum Gasteiger partial charge on any atom is 0.339 e. The fourth-order valence-electron chi connectivity index (χ4n) is 4.65. The second-order valence-corrected chi connectivity index (χ2v) is 10.2. The van der Waals surface area contributed by atoms with Gasteiger partial charge < -0.3 is 14.7 Å². The van der Waals surface area contributed by atoms with Crippen molar-refractivity contribution in [2.75, 3.05) is 5.73 Å². The molecule has 0 unspecified atom stereocenters. The fraction of sp³-hybridized carbons (Fsp3) is 0.259. The zero-order chi connectivity index (χ0) is 24.1. The van der Waals surface area contributed by atoms with Crippen molar-refractivity contribution in [2.45, 2.75) is 45.6 Å². The number of aromatic nitrogens is 1. The SMILES string of the molecule is Cc1c(Cc2ccc(I)cc2F)c2c(=O)n(C3CC3)c(C)c(Cc3cccc(N)c3)c2oc1=O. The second kappa shape index (κ2) is 8.69. The molecule has 2 N–H and O–H groups in total. The molecule has 5 rings (SSSR count). The van der Waals surface area contributed by atoms with Gasteiger partial charge in [0, 0.05) is 45.0 Å². The van der Waals surface area contributed by atoms with Gasteiger partial charge in [0.25, 0.3) is 5.56 Å². The lowest BCUT2D eigenvalue weighted by atomic mass is 9.94. The highest BCUT2D eigenvalue weighted by atomic mass is 127. The lowest BCUT2D eigenvalue weighted by Gasteiger charge is -2.19. The van der Waals surface area contributed by atoms with Gasteiger partial charge in [-0.3, -0.25) is 4.79 Å². The first kappa shape index (κ1) is 22.8. The van der Waals surface area contributed by atoms with Crippen molar-refractivity contribution in [3.8, 4) is 0 Å². The number of nitrogens with zero attached hydrogens (tertiary/aromatic N) is 1. The van der Waals surface area contributed by atoms with E-state index in [1.165, 1.54) is 6.07 Å². The van der Waals surface area contributed by atoms with Crippen LogP contribution < -0.4 is 16.9 Å². The minimum atomic E-state index is -0.509. The molecule has 0 bridgehead atoms. The van der Waals surface area contributed by atoms with E-state index in [-0.39, 0.29) is 23.8 Å². The molecule has 0 atom stereocenters. The Morgan fingerprint density at radius 2 is 1.85 bits per heavy atom. The van der Waals surface area contributed by atoms with E-state index in [2.05, 4.69) is 22.6 Å². The van der Waals surface area contributed by atoms with E-state index in [4.69, 9.17) is 10.2 Å². The molecule has 4 aromatic rings. The number of benzene rings is 2. The number of hydrogen-bond acceptors (Lipinski definition) is 4. The van der Waals surface area contributed by atoms with Crippen LogP contribution in [0.25, 0.3) is 11.0 Å². The Hall–Kier alpha value is -2.94. The van der Waals surface area contributed by atoms with Gasteiger partial charge in [-0.2, -0.15) is 0 Å². The molecule has 0 saturated heterocycles. The van der Waals surface area contributed by atoms with Crippen molar-refractivity contribution in [3.63, 3.8) is 0 Å². The zero-order valence-electron chi connectivity index (χ0n) is 19.0. The van der Waals surface area contributed by atoms with Gasteiger partial charge in [-0.25, -0.2) is 9.18 Å². The Bertz CT molecular complexity index is 1570. The number of nitrogens with two attached hydrogens (primary N) is 1. The first-order valence-corrected chi connectivity index (χ1v) is 12.3. The molecule has 1 aliphatic carbocycles. The summed E-state index contributed by atoms with van der Waals surface area (Å²) in [4.78, 5) is 26.7. The van der Waals surface area contributed by atoms with Crippen LogP contribution in [0.2, 0.25) is 0 Å². The van der Waals surface area contributed by atoms with Crippen LogP contribution in [-0.4, -0.2) is 4.57 Å². The summed E-state index contributed by atoms with van der Waals surface area (Å²) in [5.74, 6) is -0.359. The molecule has 174 valence electrons. The Morgan fingerprint density at radius 1 is 1.09 bits per heavy atom. The summed E-state index contributed by atoms with van der Waals surface area (Å²) in [6.07, 6.45) is 2.46. The molecule has 0 spiro atoms. The zero-order valence-corrected chi connectivity index (χ0v) is 21.1. The highest BCUT2D eigenvalue weighted by Crippen LogP contribution is 2.37. The lowest BCUT2D eigenvalue weighted by molar-refractivity contribution is 0.543. The van der Waals surface area contributed by atoms with E-state index in [1.54, 1.807) is 13.0 Å². The van der Waals surface area contributed by atoms with E-state index in [1.807, 2.05) is 41.8 Å². The van der Waals surface area contributed by atoms with E-state index in [9.17, 15) is 14.0 Å². The van der Waals surface area contributed by atoms with Gasteiger partial charge in [0.05, 0.1) is 5.39 Å². The van der Waals surface area contributed by atoms with Gasteiger partial charge in [-0.15, -0.1) is 0 Å². The minimum absolute atomic E-state index is 0.131. The monoisotopic (exact) mass is 570 g/mol. The molecule has 0 aliphatic heterocycles. The Morgan fingerprint density at radius 3 is 2.53 bits per heavy atom. The standard InChI is InChI=1S/C27H24FIN2O3/c1-14-21(12-17-6-7-18(29)13-23(17)28)24-25(34-27(14)33)22(11-16-4-3-5-19(30)10-16)15(2)31(26(24)32)20-8-9-20/h3-7,10,13,20H,8-9,11-12,30H2,1-2H3. The molecule has 0 amide bonds. The summed E-state index contributed by atoms with van der Waals surface area (Å²) in [6.45, 7) is 3.54. The molecule has 34 heavy (non-hydrogen) atoms. The Kier molecular flexibility index (Phi) is 5.83. The highest BCUT2D eigenvalue weighted by Gasteiger charge is 2.30.